The van der Waals surface area contributed by atoms with E-state index in [1.807, 2.05) is 60.7 Å². The minimum atomic E-state index is -2.99. The van der Waals surface area contributed by atoms with Gasteiger partial charge in [-0.3, -0.25) is 9.59 Å². The Hall–Kier alpha value is -6.96. The van der Waals surface area contributed by atoms with E-state index >= 15 is 8.78 Å². The van der Waals surface area contributed by atoms with Crippen LogP contribution in [0.25, 0.3) is 22.3 Å². The van der Waals surface area contributed by atoms with E-state index in [0.717, 1.165) is 92.0 Å². The largest absolute Gasteiger partial charge is 0.489 e. The number of halogens is 6. The van der Waals surface area contributed by atoms with E-state index in [9.17, 15) is 37.4 Å². The number of carboxylic acid groups (broad SMARTS) is 2. The fourth-order valence-corrected chi connectivity index (χ4v) is 12.5. The molecule has 4 saturated carbocycles. The molecule has 14 heteroatoms. The number of hydrogen-bond donors (Lipinski definition) is 2. The minimum Gasteiger partial charge on any atom is -0.489 e. The normalized spacial score (nSPS) is 19.0. The first kappa shape index (κ1) is 57.7. The summed E-state index contributed by atoms with van der Waals surface area (Å²) in [7, 11) is 0. The number of alkyl halides is 4. The van der Waals surface area contributed by atoms with Gasteiger partial charge in [0.15, 0.2) is 0 Å². The third-order valence-corrected chi connectivity index (χ3v) is 17.0. The molecule has 4 fully saturated rings. The second-order valence-corrected chi connectivity index (χ2v) is 23.6. The highest BCUT2D eigenvalue weighted by Crippen LogP contribution is 2.54. The number of benzene rings is 6. The monoisotopic (exact) mass is 1100 g/mol. The van der Waals surface area contributed by atoms with Gasteiger partial charge in [-0.05, 0) is 209 Å². The smallest absolute Gasteiger partial charge is 0.387 e. The molecule has 0 bridgehead atoms. The highest BCUT2D eigenvalue weighted by molar-refractivity contribution is 5.72. The molecule has 0 heterocycles. The topological polar surface area (TPSA) is 112 Å². The Morgan fingerprint density at radius 3 is 1.55 bits per heavy atom. The molecule has 80 heavy (non-hydrogen) atoms. The van der Waals surface area contributed by atoms with E-state index < -0.39 is 36.8 Å². The van der Waals surface area contributed by atoms with Crippen LogP contribution in [0, 0.1) is 34.3 Å². The van der Waals surface area contributed by atoms with E-state index in [2.05, 4.69) is 43.2 Å². The molecule has 0 amide bonds. The summed E-state index contributed by atoms with van der Waals surface area (Å²) < 4.78 is 104. The van der Waals surface area contributed by atoms with Gasteiger partial charge >= 0.3 is 25.2 Å². The molecule has 4 aliphatic rings. The van der Waals surface area contributed by atoms with Crippen LogP contribution in [0.15, 0.2) is 121 Å². The summed E-state index contributed by atoms with van der Waals surface area (Å²) in [6, 6.07) is 34.4. The van der Waals surface area contributed by atoms with E-state index in [1.165, 1.54) is 36.4 Å². The molecular formula is C66H70F6O8. The van der Waals surface area contributed by atoms with Crippen molar-refractivity contribution in [2.45, 2.75) is 155 Å². The molecule has 0 saturated heterocycles. The van der Waals surface area contributed by atoms with E-state index in [0.29, 0.717) is 45.6 Å². The van der Waals surface area contributed by atoms with Crippen LogP contribution >= 0.6 is 0 Å². The van der Waals surface area contributed by atoms with Crippen molar-refractivity contribution in [1.29, 1.82) is 0 Å². The zero-order valence-electron chi connectivity index (χ0n) is 45.7. The summed E-state index contributed by atoms with van der Waals surface area (Å²) in [5, 5.41) is 18.7. The molecule has 0 aliphatic heterocycles. The molecule has 0 unspecified atom stereocenters. The Kier molecular flexibility index (Phi) is 17.9. The lowest BCUT2D eigenvalue weighted by atomic mass is 9.75. The maximum Gasteiger partial charge on any atom is 0.387 e. The zero-order valence-corrected chi connectivity index (χ0v) is 45.7. The van der Waals surface area contributed by atoms with Crippen LogP contribution in [0.3, 0.4) is 0 Å². The Bertz CT molecular complexity index is 3150. The number of ether oxygens (including phenoxy) is 4. The molecule has 4 aliphatic carbocycles. The molecule has 6 aromatic carbocycles. The number of aliphatic carboxylic acids is 2. The minimum absolute atomic E-state index is 0.00190. The number of carbonyl (C=O) groups is 2. The van der Waals surface area contributed by atoms with Crippen molar-refractivity contribution in [3.63, 3.8) is 0 Å². The Morgan fingerprint density at radius 1 is 0.525 bits per heavy atom. The fourth-order valence-electron chi connectivity index (χ4n) is 12.5. The number of carboxylic acids is 2. The van der Waals surface area contributed by atoms with Crippen LogP contribution in [-0.2, 0) is 22.8 Å². The van der Waals surface area contributed by atoms with E-state index in [4.69, 9.17) is 9.47 Å². The first-order valence-electron chi connectivity index (χ1n) is 27.9. The van der Waals surface area contributed by atoms with E-state index in [-0.39, 0.29) is 77.6 Å². The van der Waals surface area contributed by atoms with Crippen molar-refractivity contribution in [3.8, 4) is 45.3 Å². The lowest BCUT2D eigenvalue weighted by Crippen LogP contribution is -2.17. The summed E-state index contributed by atoms with van der Waals surface area (Å²) in [4.78, 5) is 22.8. The molecule has 0 spiro atoms. The van der Waals surface area contributed by atoms with Gasteiger partial charge < -0.3 is 29.2 Å². The van der Waals surface area contributed by atoms with Gasteiger partial charge in [-0.15, -0.1) is 0 Å². The number of hydrogen-bond acceptors (Lipinski definition) is 6. The van der Waals surface area contributed by atoms with Gasteiger partial charge in [0, 0.05) is 11.1 Å². The zero-order chi connectivity index (χ0) is 56.9. The summed E-state index contributed by atoms with van der Waals surface area (Å²) in [5.74, 6) is -0.327. The van der Waals surface area contributed by atoms with Gasteiger partial charge in [-0.25, -0.2) is 8.78 Å². The van der Waals surface area contributed by atoms with Crippen molar-refractivity contribution in [2.24, 2.45) is 22.7 Å². The average Bonchev–Trinajstić information content (AvgIpc) is 4.42. The first-order valence-corrected chi connectivity index (χ1v) is 27.9. The van der Waals surface area contributed by atoms with Crippen LogP contribution in [0.4, 0.5) is 26.3 Å². The maximum atomic E-state index is 15.6. The third-order valence-electron chi connectivity index (χ3n) is 17.0. The summed E-state index contributed by atoms with van der Waals surface area (Å²) in [6.45, 7) is 3.21. The van der Waals surface area contributed by atoms with Gasteiger partial charge in [0.1, 0.15) is 47.8 Å². The fraction of sp³-hybridized carbons (Fsp3) is 0.424. The molecule has 8 nitrogen and oxygen atoms in total. The SMILES string of the molecule is CC1(C)CCC[C@@H]1c1cc(COc2cccc([C@H](CC(=O)O)C3CC3)c2)c(F)cc1-c1cccc(OC(F)F)c1.CC1(C)CCC[C@H]1c1cc(COc2cccc([C@H](CC(=O)O)C3CC3)c2)ccc1-c1cc(OC(F)F)ccc1F. The molecule has 0 radical (unpaired) electrons. The van der Waals surface area contributed by atoms with Crippen LogP contribution in [0.1, 0.15) is 162 Å². The Labute approximate surface area is 464 Å². The molecule has 6 aromatic rings. The van der Waals surface area contributed by atoms with Gasteiger partial charge in [-0.2, -0.15) is 17.6 Å². The maximum absolute atomic E-state index is 15.6. The first-order chi connectivity index (χ1) is 38.2. The Balaban J connectivity index is 0.000000194. The summed E-state index contributed by atoms with van der Waals surface area (Å²) in [5.41, 5.74) is 7.38. The van der Waals surface area contributed by atoms with Gasteiger partial charge in [0.25, 0.3) is 0 Å². The van der Waals surface area contributed by atoms with Crippen molar-refractivity contribution >= 4 is 11.9 Å². The van der Waals surface area contributed by atoms with Crippen molar-refractivity contribution in [2.75, 3.05) is 0 Å². The van der Waals surface area contributed by atoms with Crippen molar-refractivity contribution in [1.82, 2.24) is 0 Å². The average molecular weight is 1110 g/mol. The highest BCUT2D eigenvalue weighted by atomic mass is 19.3. The van der Waals surface area contributed by atoms with Crippen LogP contribution in [0.5, 0.6) is 23.0 Å². The van der Waals surface area contributed by atoms with Crippen LogP contribution in [0.2, 0.25) is 0 Å². The van der Waals surface area contributed by atoms with Crippen molar-refractivity contribution < 1.29 is 65.1 Å². The molecule has 424 valence electrons. The van der Waals surface area contributed by atoms with Crippen LogP contribution in [-0.4, -0.2) is 35.4 Å². The molecular weight excluding hydrogens is 1030 g/mol. The third kappa shape index (κ3) is 14.5. The quantitative estimate of drug-likeness (QED) is 0.0647. The lowest BCUT2D eigenvalue weighted by molar-refractivity contribution is -0.138. The predicted molar refractivity (Wildman–Crippen MR) is 295 cm³/mol. The summed E-state index contributed by atoms with van der Waals surface area (Å²) in [6.07, 6.45) is 10.4. The second kappa shape index (κ2) is 24.8. The predicted octanol–water partition coefficient (Wildman–Crippen LogP) is 17.9. The van der Waals surface area contributed by atoms with Gasteiger partial charge in [-0.1, -0.05) is 95.1 Å². The molecule has 10 rings (SSSR count). The standard InChI is InChI=1S/2C33H35F3O4/c1-33(2)13-5-10-29(33)28-16-23(30(34)17-27(28)22-7-4-9-25(15-22)40-32(35)36)19-39-24-8-3-6-21(14-24)26(18-31(37)38)20-11-12-20;1-33(2)14-4-7-29(33)27-15-20(8-12-25(27)28-17-24(40-32(35)36)11-13-30(28)34)19-39-23-6-3-5-22(16-23)26(18-31(37)38)21-9-10-21/h3-4,6-9,14-17,20,26,29,32H,5,10-13,18-19H2,1-2H3,(H,37,38);3,5-6,8,11-13,15-17,21,26,29,32H,4,7,9-10,14,18-19H2,1-2H3,(H,37,38)/t26-,29-;26-,29+/m11/s1. The Morgan fingerprint density at radius 2 is 1.04 bits per heavy atom. The van der Waals surface area contributed by atoms with Crippen molar-refractivity contribution in [3.05, 3.63) is 166 Å². The second-order valence-electron chi connectivity index (χ2n) is 23.6. The highest BCUT2D eigenvalue weighted by Gasteiger charge is 2.39. The summed E-state index contributed by atoms with van der Waals surface area (Å²) >= 11 is 0. The van der Waals surface area contributed by atoms with Gasteiger partial charge in [0.2, 0.25) is 0 Å². The van der Waals surface area contributed by atoms with E-state index in [1.54, 1.807) is 18.2 Å². The molecule has 4 atom stereocenters. The lowest BCUT2D eigenvalue weighted by Gasteiger charge is -2.30. The molecule has 0 aromatic heterocycles. The van der Waals surface area contributed by atoms with Crippen LogP contribution < -0.4 is 18.9 Å². The molecule has 2 N–H and O–H groups in total. The van der Waals surface area contributed by atoms with Gasteiger partial charge in [0.05, 0.1) is 12.8 Å². The number of rotatable bonds is 22.